The Balaban J connectivity index is 4.16. The highest BCUT2D eigenvalue weighted by Crippen LogP contribution is 2.11. The van der Waals surface area contributed by atoms with Crippen molar-refractivity contribution in [2.75, 3.05) is 0 Å². The number of hydrogen-bond donors (Lipinski definition) is 1. The van der Waals surface area contributed by atoms with E-state index in [4.69, 9.17) is 10.4 Å². The van der Waals surface area contributed by atoms with E-state index < -0.39 is 5.97 Å². The Morgan fingerprint density at radius 3 is 2.58 bits per heavy atom. The van der Waals surface area contributed by atoms with E-state index in [-0.39, 0.29) is 24.3 Å². The van der Waals surface area contributed by atoms with Crippen LogP contribution in [0.5, 0.6) is 0 Å². The summed E-state index contributed by atoms with van der Waals surface area (Å²) in [6.45, 7) is 1.71. The van der Waals surface area contributed by atoms with E-state index in [2.05, 4.69) is 0 Å². The predicted octanol–water partition coefficient (Wildman–Crippen LogP) is 0.769. The molecule has 0 aromatic heterocycles. The van der Waals surface area contributed by atoms with Crippen molar-refractivity contribution in [1.29, 1.82) is 5.26 Å². The fraction of sp³-hybridized carbons (Fsp3) is 0.500. The first-order valence-electron chi connectivity index (χ1n) is 3.46. The maximum absolute atomic E-state index is 10.3. The van der Waals surface area contributed by atoms with Gasteiger partial charge in [0.05, 0.1) is 6.07 Å². The van der Waals surface area contributed by atoms with Crippen molar-refractivity contribution in [3.63, 3.8) is 0 Å². The quantitative estimate of drug-likeness (QED) is 0.495. The molecule has 0 saturated heterocycles. The fourth-order valence-corrected chi connectivity index (χ4v) is 0.749. The third kappa shape index (κ3) is 3.55. The predicted molar refractivity (Wildman–Crippen MR) is 40.9 cm³/mol. The van der Waals surface area contributed by atoms with E-state index in [9.17, 15) is 9.59 Å². The molecule has 0 saturated carbocycles. The lowest BCUT2D eigenvalue weighted by atomic mass is 10.00. The van der Waals surface area contributed by atoms with Crippen LogP contribution in [0.2, 0.25) is 0 Å². The van der Waals surface area contributed by atoms with Crippen LogP contribution in [0.4, 0.5) is 0 Å². The molecule has 0 aromatic rings. The van der Waals surface area contributed by atoms with Crippen LogP contribution in [0.15, 0.2) is 5.57 Å². The van der Waals surface area contributed by atoms with Gasteiger partial charge in [0.15, 0.2) is 0 Å². The van der Waals surface area contributed by atoms with Crippen molar-refractivity contribution in [3.05, 3.63) is 5.57 Å². The van der Waals surface area contributed by atoms with Crippen LogP contribution in [-0.2, 0) is 9.59 Å². The van der Waals surface area contributed by atoms with E-state index >= 15 is 0 Å². The summed E-state index contributed by atoms with van der Waals surface area (Å²) in [6.07, 6.45) is 0.352. The molecule has 0 aliphatic rings. The number of hydrogen-bond acceptors (Lipinski definition) is 3. The molecule has 0 rings (SSSR count). The zero-order valence-corrected chi connectivity index (χ0v) is 6.70. The van der Waals surface area contributed by atoms with Crippen molar-refractivity contribution in [3.8, 4) is 6.07 Å². The Kier molecular flexibility index (Phi) is 4.43. The molecule has 1 unspecified atom stereocenters. The van der Waals surface area contributed by atoms with Gasteiger partial charge in [-0.25, -0.2) is 9.59 Å². The van der Waals surface area contributed by atoms with Crippen LogP contribution < -0.4 is 0 Å². The molecule has 64 valence electrons. The molecular formula is C8H9NO3. The molecule has 0 spiro atoms. The van der Waals surface area contributed by atoms with Crippen LogP contribution in [0.3, 0.4) is 0 Å². The molecule has 1 atom stereocenters. The average molecular weight is 167 g/mol. The first-order chi connectivity index (χ1) is 5.61. The molecule has 0 aliphatic heterocycles. The number of nitriles is 1. The van der Waals surface area contributed by atoms with Gasteiger partial charge in [0.1, 0.15) is 11.5 Å². The lowest BCUT2D eigenvalue weighted by Gasteiger charge is -2.03. The molecular weight excluding hydrogens is 158 g/mol. The fourth-order valence-electron chi connectivity index (χ4n) is 0.749. The smallest absolute Gasteiger partial charge is 0.342 e. The van der Waals surface area contributed by atoms with Crippen LogP contribution in [0.1, 0.15) is 19.8 Å². The van der Waals surface area contributed by atoms with Crippen molar-refractivity contribution in [2.45, 2.75) is 19.8 Å². The van der Waals surface area contributed by atoms with Gasteiger partial charge in [0.25, 0.3) is 0 Å². The lowest BCUT2D eigenvalue weighted by Crippen LogP contribution is -2.06. The third-order valence-corrected chi connectivity index (χ3v) is 1.37. The summed E-state index contributed by atoms with van der Waals surface area (Å²) in [5.41, 5.74) is -0.294. The zero-order chi connectivity index (χ0) is 9.56. The second kappa shape index (κ2) is 5.11. The summed E-state index contributed by atoms with van der Waals surface area (Å²) < 4.78 is 0. The molecule has 4 nitrogen and oxygen atoms in total. The van der Waals surface area contributed by atoms with Crippen molar-refractivity contribution >= 4 is 11.9 Å². The summed E-state index contributed by atoms with van der Waals surface area (Å²) in [5.74, 6) is -0.0150. The van der Waals surface area contributed by atoms with Gasteiger partial charge in [-0.2, -0.15) is 5.26 Å². The van der Waals surface area contributed by atoms with Gasteiger partial charge in [0, 0.05) is 6.42 Å². The van der Waals surface area contributed by atoms with Crippen LogP contribution in [-0.4, -0.2) is 17.0 Å². The molecule has 0 heterocycles. The number of carbonyl (C=O) groups is 1. The molecule has 0 aromatic carbocycles. The summed E-state index contributed by atoms with van der Waals surface area (Å²) in [4.78, 5) is 20.3. The van der Waals surface area contributed by atoms with Gasteiger partial charge in [-0.3, -0.25) is 0 Å². The Hall–Kier alpha value is -1.59. The van der Waals surface area contributed by atoms with E-state index in [1.54, 1.807) is 6.92 Å². The molecule has 0 fully saturated rings. The van der Waals surface area contributed by atoms with Gasteiger partial charge in [0.2, 0.25) is 0 Å². The van der Waals surface area contributed by atoms with E-state index in [0.29, 0.717) is 0 Å². The molecule has 1 N–H and O–H groups in total. The summed E-state index contributed by atoms with van der Waals surface area (Å²) in [5, 5.41) is 16.7. The SMILES string of the molecule is CC(CC#N)CC(=C=O)C(=O)O. The summed E-state index contributed by atoms with van der Waals surface area (Å²) >= 11 is 0. The first kappa shape index (κ1) is 10.4. The zero-order valence-electron chi connectivity index (χ0n) is 6.70. The largest absolute Gasteiger partial charge is 0.477 e. The van der Waals surface area contributed by atoms with Crippen molar-refractivity contribution in [1.82, 2.24) is 0 Å². The minimum absolute atomic E-state index is 0.104. The highest BCUT2D eigenvalue weighted by molar-refractivity contribution is 5.95. The minimum Gasteiger partial charge on any atom is -0.477 e. The monoisotopic (exact) mass is 167 g/mol. The second-order valence-corrected chi connectivity index (χ2v) is 2.56. The van der Waals surface area contributed by atoms with Crippen LogP contribution in [0.25, 0.3) is 0 Å². The standard InChI is InChI=1S/C8H9NO3/c1-6(2-3-9)4-7(5-10)8(11)12/h6H,2,4H2,1H3,(H,11,12). The number of carboxylic acids is 1. The van der Waals surface area contributed by atoms with E-state index in [1.165, 1.54) is 5.94 Å². The average Bonchev–Trinajstić information content (AvgIpc) is 2.00. The Morgan fingerprint density at radius 2 is 2.25 bits per heavy atom. The Bertz CT molecular complexity index is 258. The minimum atomic E-state index is -1.25. The number of nitrogens with zero attached hydrogens (tertiary/aromatic N) is 1. The normalized spacial score (nSPS) is 11.0. The van der Waals surface area contributed by atoms with Gasteiger partial charge < -0.3 is 5.11 Å². The Morgan fingerprint density at radius 1 is 1.67 bits per heavy atom. The third-order valence-electron chi connectivity index (χ3n) is 1.37. The van der Waals surface area contributed by atoms with Crippen LogP contribution in [0, 0.1) is 17.2 Å². The van der Waals surface area contributed by atoms with Crippen molar-refractivity contribution in [2.24, 2.45) is 5.92 Å². The summed E-state index contributed by atoms with van der Waals surface area (Å²) in [7, 11) is 0. The summed E-state index contributed by atoms with van der Waals surface area (Å²) in [6, 6.07) is 1.90. The second-order valence-electron chi connectivity index (χ2n) is 2.56. The highest BCUT2D eigenvalue weighted by Gasteiger charge is 2.12. The topological polar surface area (TPSA) is 78.2 Å². The van der Waals surface area contributed by atoms with Crippen molar-refractivity contribution < 1.29 is 14.7 Å². The number of rotatable bonds is 4. The van der Waals surface area contributed by atoms with Gasteiger partial charge in [-0.1, -0.05) is 6.92 Å². The molecule has 0 amide bonds. The molecule has 0 radical (unpaired) electrons. The van der Waals surface area contributed by atoms with E-state index in [0.717, 1.165) is 0 Å². The van der Waals surface area contributed by atoms with E-state index in [1.807, 2.05) is 6.07 Å². The molecule has 0 bridgehead atoms. The van der Waals surface area contributed by atoms with Gasteiger partial charge >= 0.3 is 5.97 Å². The lowest BCUT2D eigenvalue weighted by molar-refractivity contribution is -0.132. The molecule has 4 heteroatoms. The molecule has 12 heavy (non-hydrogen) atoms. The Labute approximate surface area is 70.1 Å². The maximum Gasteiger partial charge on any atom is 0.342 e. The van der Waals surface area contributed by atoms with Gasteiger partial charge in [-0.15, -0.1) is 0 Å². The number of carbonyl (C=O) groups excluding carboxylic acids is 1. The number of aliphatic carboxylic acids is 1. The first-order valence-corrected chi connectivity index (χ1v) is 3.46. The van der Waals surface area contributed by atoms with Crippen LogP contribution >= 0.6 is 0 Å². The number of carboxylic acid groups (broad SMARTS) is 1. The highest BCUT2D eigenvalue weighted by atomic mass is 16.4. The maximum atomic E-state index is 10.3. The van der Waals surface area contributed by atoms with Gasteiger partial charge in [-0.05, 0) is 12.3 Å². The molecule has 0 aliphatic carbocycles.